The predicted octanol–water partition coefficient (Wildman–Crippen LogP) is 3.22. The maximum Gasteiger partial charge on any atom is 0.162 e. The first-order valence-electron chi connectivity index (χ1n) is 7.27. The van der Waals surface area contributed by atoms with Crippen molar-refractivity contribution in [3.05, 3.63) is 48.5 Å². The van der Waals surface area contributed by atoms with Gasteiger partial charge in [0.2, 0.25) is 0 Å². The summed E-state index contributed by atoms with van der Waals surface area (Å²) in [6.07, 6.45) is 3.31. The van der Waals surface area contributed by atoms with E-state index in [2.05, 4.69) is 20.3 Å². The van der Waals surface area contributed by atoms with E-state index in [1.54, 1.807) is 20.4 Å². The van der Waals surface area contributed by atoms with Crippen LogP contribution >= 0.6 is 0 Å². The van der Waals surface area contributed by atoms with E-state index in [4.69, 9.17) is 9.47 Å². The van der Waals surface area contributed by atoms with Crippen LogP contribution in [0, 0.1) is 0 Å². The van der Waals surface area contributed by atoms with E-state index in [1.807, 2.05) is 37.3 Å². The molecule has 1 atom stereocenters. The predicted molar refractivity (Wildman–Crippen MR) is 88.9 cm³/mol. The van der Waals surface area contributed by atoms with Crippen molar-refractivity contribution in [1.82, 2.24) is 15.0 Å². The first-order valence-corrected chi connectivity index (χ1v) is 7.27. The summed E-state index contributed by atoms with van der Waals surface area (Å²) in [6.45, 7) is 2.04. The second kappa shape index (κ2) is 6.48. The van der Waals surface area contributed by atoms with Crippen molar-refractivity contribution < 1.29 is 9.47 Å². The molecule has 3 aromatic rings. The number of anilines is 1. The molecule has 2 aromatic heterocycles. The van der Waals surface area contributed by atoms with E-state index >= 15 is 0 Å². The number of nitrogens with one attached hydrogen (secondary N) is 1. The third-order valence-electron chi connectivity index (χ3n) is 3.63. The highest BCUT2D eigenvalue weighted by Gasteiger charge is 2.13. The Hall–Kier alpha value is -2.89. The lowest BCUT2D eigenvalue weighted by atomic mass is 10.1. The molecule has 118 valence electrons. The number of hydrogen-bond acceptors (Lipinski definition) is 6. The molecule has 23 heavy (non-hydrogen) atoms. The van der Waals surface area contributed by atoms with E-state index in [1.165, 1.54) is 6.33 Å². The Morgan fingerprint density at radius 3 is 2.48 bits per heavy atom. The highest BCUT2D eigenvalue weighted by atomic mass is 16.5. The molecule has 3 rings (SSSR count). The third-order valence-corrected chi connectivity index (χ3v) is 3.63. The summed E-state index contributed by atoms with van der Waals surface area (Å²) in [5.74, 6) is 2.01. The molecule has 0 amide bonds. The van der Waals surface area contributed by atoms with Gasteiger partial charge in [0.1, 0.15) is 12.1 Å². The van der Waals surface area contributed by atoms with Crippen LogP contribution in [-0.4, -0.2) is 29.2 Å². The maximum absolute atomic E-state index is 5.37. The fourth-order valence-corrected chi connectivity index (χ4v) is 2.41. The van der Waals surface area contributed by atoms with Crippen LogP contribution in [0.15, 0.2) is 42.9 Å². The van der Waals surface area contributed by atoms with Gasteiger partial charge in [0.25, 0.3) is 0 Å². The first kappa shape index (κ1) is 15.0. The number of methoxy groups -OCH3 is 2. The summed E-state index contributed by atoms with van der Waals surface area (Å²) in [4.78, 5) is 13.0. The quantitative estimate of drug-likeness (QED) is 0.780. The topological polar surface area (TPSA) is 69.2 Å². The van der Waals surface area contributed by atoms with Gasteiger partial charge in [-0.05, 0) is 25.1 Å². The van der Waals surface area contributed by atoms with Crippen LogP contribution in [0.5, 0.6) is 11.5 Å². The number of rotatable bonds is 5. The zero-order chi connectivity index (χ0) is 16.2. The van der Waals surface area contributed by atoms with E-state index < -0.39 is 0 Å². The molecule has 0 aliphatic heterocycles. The van der Waals surface area contributed by atoms with E-state index in [0.717, 1.165) is 22.4 Å². The Morgan fingerprint density at radius 2 is 1.78 bits per heavy atom. The molecule has 1 aromatic carbocycles. The van der Waals surface area contributed by atoms with Gasteiger partial charge in [-0.1, -0.05) is 6.07 Å². The average Bonchev–Trinajstić information content (AvgIpc) is 2.61. The van der Waals surface area contributed by atoms with Crippen molar-refractivity contribution in [1.29, 1.82) is 0 Å². The molecular weight excluding hydrogens is 292 g/mol. The normalized spacial score (nSPS) is 12.0. The van der Waals surface area contributed by atoms with Crippen LogP contribution in [0.3, 0.4) is 0 Å². The second-order valence-corrected chi connectivity index (χ2v) is 5.07. The summed E-state index contributed by atoms with van der Waals surface area (Å²) in [5.41, 5.74) is 1.73. The van der Waals surface area contributed by atoms with Crippen LogP contribution in [0.25, 0.3) is 10.9 Å². The zero-order valence-electron chi connectivity index (χ0n) is 13.3. The summed E-state index contributed by atoms with van der Waals surface area (Å²) in [6, 6.07) is 9.57. The van der Waals surface area contributed by atoms with Crippen LogP contribution in [0.2, 0.25) is 0 Å². The van der Waals surface area contributed by atoms with Gasteiger partial charge in [-0.3, -0.25) is 4.98 Å². The summed E-state index contributed by atoms with van der Waals surface area (Å²) < 4.78 is 10.7. The van der Waals surface area contributed by atoms with Crippen LogP contribution in [0.4, 0.5) is 5.82 Å². The number of pyridine rings is 1. The van der Waals surface area contributed by atoms with Crippen LogP contribution < -0.4 is 14.8 Å². The molecule has 2 heterocycles. The van der Waals surface area contributed by atoms with Gasteiger partial charge in [0.15, 0.2) is 11.5 Å². The van der Waals surface area contributed by atoms with Gasteiger partial charge in [0, 0.05) is 17.6 Å². The van der Waals surface area contributed by atoms with Gasteiger partial charge in [0.05, 0.1) is 31.5 Å². The minimum absolute atomic E-state index is 0.0161. The first-order chi connectivity index (χ1) is 11.2. The van der Waals surface area contributed by atoms with Crippen LogP contribution in [-0.2, 0) is 0 Å². The maximum atomic E-state index is 5.37. The van der Waals surface area contributed by atoms with Gasteiger partial charge in [-0.15, -0.1) is 0 Å². The molecule has 0 aliphatic rings. The molecule has 0 saturated heterocycles. The smallest absolute Gasteiger partial charge is 0.162 e. The highest BCUT2D eigenvalue weighted by Crippen LogP contribution is 2.34. The van der Waals surface area contributed by atoms with Gasteiger partial charge < -0.3 is 14.8 Å². The number of fused-ring (bicyclic) bond motifs is 1. The molecule has 0 fully saturated rings. The Kier molecular flexibility index (Phi) is 4.23. The largest absolute Gasteiger partial charge is 0.493 e. The molecule has 6 nitrogen and oxygen atoms in total. The molecule has 1 N–H and O–H groups in total. The molecular formula is C17H18N4O2. The minimum Gasteiger partial charge on any atom is -0.493 e. The molecule has 6 heteroatoms. The van der Waals surface area contributed by atoms with E-state index in [9.17, 15) is 0 Å². The van der Waals surface area contributed by atoms with Crippen molar-refractivity contribution in [2.75, 3.05) is 19.5 Å². The molecule has 0 unspecified atom stereocenters. The lowest BCUT2D eigenvalue weighted by molar-refractivity contribution is 0.356. The number of hydrogen-bond donors (Lipinski definition) is 1. The van der Waals surface area contributed by atoms with Gasteiger partial charge >= 0.3 is 0 Å². The fraction of sp³-hybridized carbons (Fsp3) is 0.235. The van der Waals surface area contributed by atoms with E-state index in [-0.39, 0.29) is 6.04 Å². The third kappa shape index (κ3) is 3.01. The second-order valence-electron chi connectivity index (χ2n) is 5.07. The van der Waals surface area contributed by atoms with Gasteiger partial charge in [-0.2, -0.15) is 0 Å². The monoisotopic (exact) mass is 310 g/mol. The highest BCUT2D eigenvalue weighted by molar-refractivity contribution is 5.91. The molecule has 0 aliphatic carbocycles. The molecule has 0 bridgehead atoms. The van der Waals surface area contributed by atoms with Crippen molar-refractivity contribution in [2.24, 2.45) is 0 Å². The van der Waals surface area contributed by atoms with Gasteiger partial charge in [-0.25, -0.2) is 9.97 Å². The van der Waals surface area contributed by atoms with Crippen molar-refractivity contribution >= 4 is 16.7 Å². The number of benzene rings is 1. The number of aromatic nitrogens is 3. The minimum atomic E-state index is 0.0161. The lowest BCUT2D eigenvalue weighted by Gasteiger charge is -2.16. The van der Waals surface area contributed by atoms with Crippen molar-refractivity contribution in [3.8, 4) is 11.5 Å². The summed E-state index contributed by atoms with van der Waals surface area (Å²) in [7, 11) is 3.21. The van der Waals surface area contributed by atoms with Crippen molar-refractivity contribution in [2.45, 2.75) is 13.0 Å². The Balaban J connectivity index is 2.00. The van der Waals surface area contributed by atoms with Crippen LogP contribution in [0.1, 0.15) is 18.7 Å². The summed E-state index contributed by atoms with van der Waals surface area (Å²) in [5, 5.41) is 4.25. The van der Waals surface area contributed by atoms with Crippen molar-refractivity contribution in [3.63, 3.8) is 0 Å². The number of nitrogens with zero attached hydrogens (tertiary/aromatic N) is 3. The Morgan fingerprint density at radius 1 is 1.00 bits per heavy atom. The average molecular weight is 310 g/mol. The Bertz CT molecular complexity index is 808. The van der Waals surface area contributed by atoms with E-state index in [0.29, 0.717) is 11.5 Å². The SMILES string of the molecule is COc1cc2ncnc(N[C@@H](C)c3ccccn3)c2cc1OC. The fourth-order valence-electron chi connectivity index (χ4n) is 2.41. The zero-order valence-corrected chi connectivity index (χ0v) is 13.3. The molecule has 0 saturated carbocycles. The lowest BCUT2D eigenvalue weighted by Crippen LogP contribution is -2.10. The number of ether oxygens (including phenoxy) is 2. The summed E-state index contributed by atoms with van der Waals surface area (Å²) >= 11 is 0. The standard InChI is InChI=1S/C17H18N4O2/c1-11(13-6-4-5-7-18-13)21-17-12-8-15(22-2)16(23-3)9-14(12)19-10-20-17/h4-11H,1-3H3,(H,19,20,21)/t11-/m0/s1. The molecule has 0 radical (unpaired) electrons. The Labute approximate surface area is 134 Å². The molecule has 0 spiro atoms.